The second-order valence-electron chi connectivity index (χ2n) is 8.30. The molecule has 0 aliphatic carbocycles. The van der Waals surface area contributed by atoms with E-state index in [1.54, 1.807) is 0 Å². The smallest absolute Gasteiger partial charge is 0.168 e. The summed E-state index contributed by atoms with van der Waals surface area (Å²) >= 11 is 4.87. The zero-order valence-electron chi connectivity index (χ0n) is 18.7. The topological polar surface area (TPSA) is 53.8 Å². The summed E-state index contributed by atoms with van der Waals surface area (Å²) < 4.78 is 5.85. The normalized spacial score (nSPS) is 14.4. The van der Waals surface area contributed by atoms with Crippen LogP contribution >= 0.6 is 12.2 Å². The van der Waals surface area contributed by atoms with Crippen molar-refractivity contribution in [2.75, 3.05) is 49.5 Å². The zero-order chi connectivity index (χ0) is 21.9. The monoisotopic (exact) mass is 440 g/mol. The molecule has 0 atom stereocenters. The van der Waals surface area contributed by atoms with Gasteiger partial charge in [-0.1, -0.05) is 43.0 Å². The van der Waals surface area contributed by atoms with Crippen LogP contribution < -0.4 is 20.7 Å². The average molecular weight is 441 g/mol. The van der Waals surface area contributed by atoms with Gasteiger partial charge in [-0.05, 0) is 62.8 Å². The van der Waals surface area contributed by atoms with Gasteiger partial charge in [0.25, 0.3) is 0 Å². The van der Waals surface area contributed by atoms with Gasteiger partial charge in [-0.25, -0.2) is 0 Å². The average Bonchev–Trinajstić information content (AvgIpc) is 2.76. The molecule has 31 heavy (non-hydrogen) atoms. The van der Waals surface area contributed by atoms with Crippen LogP contribution in [-0.2, 0) is 0 Å². The fraction of sp³-hybridized carbons (Fsp3) is 0.480. The molecule has 3 N–H and O–H groups in total. The fourth-order valence-corrected chi connectivity index (χ4v) is 4.07. The predicted molar refractivity (Wildman–Crippen MR) is 135 cm³/mol. The van der Waals surface area contributed by atoms with Crippen molar-refractivity contribution in [3.63, 3.8) is 0 Å². The molecule has 3 rings (SSSR count). The summed E-state index contributed by atoms with van der Waals surface area (Å²) in [7, 11) is 0. The lowest BCUT2D eigenvalue weighted by Crippen LogP contribution is -2.46. The number of aryl methyl sites for hydroxylation is 1. The molecule has 1 saturated heterocycles. The Balaban J connectivity index is 1.20. The fourth-order valence-electron chi connectivity index (χ4n) is 3.95. The Morgan fingerprint density at radius 3 is 2.42 bits per heavy atom. The Labute approximate surface area is 192 Å². The first-order chi connectivity index (χ1) is 15.1. The third kappa shape index (κ3) is 8.38. The van der Waals surface area contributed by atoms with Gasteiger partial charge in [0.1, 0.15) is 5.75 Å². The van der Waals surface area contributed by atoms with Crippen molar-refractivity contribution in [1.82, 2.24) is 4.90 Å². The number of anilines is 2. The molecule has 0 aromatic heterocycles. The summed E-state index contributed by atoms with van der Waals surface area (Å²) in [4.78, 5) is 5.12. The van der Waals surface area contributed by atoms with Gasteiger partial charge in [0.2, 0.25) is 0 Å². The SMILES string of the molecule is Cc1ccc(N2CCN(CCCCCCCOc3cccc(NC(N)=S)c3)CC2)cc1. The highest BCUT2D eigenvalue weighted by Crippen LogP contribution is 2.19. The number of nitrogens with zero attached hydrogens (tertiary/aromatic N) is 2. The van der Waals surface area contributed by atoms with Crippen LogP contribution in [0.1, 0.15) is 37.7 Å². The minimum absolute atomic E-state index is 0.269. The summed E-state index contributed by atoms with van der Waals surface area (Å²) in [5.74, 6) is 0.853. The molecular weight excluding hydrogens is 404 g/mol. The molecular formula is C25H36N4OS. The predicted octanol–water partition coefficient (Wildman–Crippen LogP) is 4.80. The molecule has 6 heteroatoms. The molecule has 0 amide bonds. The highest BCUT2D eigenvalue weighted by atomic mass is 32.1. The van der Waals surface area contributed by atoms with Gasteiger partial charge in [0.15, 0.2) is 5.11 Å². The molecule has 0 radical (unpaired) electrons. The van der Waals surface area contributed by atoms with Crippen molar-refractivity contribution in [3.05, 3.63) is 54.1 Å². The van der Waals surface area contributed by atoms with E-state index in [1.165, 1.54) is 56.6 Å². The van der Waals surface area contributed by atoms with Gasteiger partial charge in [0.05, 0.1) is 6.61 Å². The van der Waals surface area contributed by atoms with Gasteiger partial charge < -0.3 is 20.7 Å². The largest absolute Gasteiger partial charge is 0.494 e. The lowest BCUT2D eigenvalue weighted by atomic mass is 10.1. The van der Waals surface area contributed by atoms with Gasteiger partial charge in [-0.3, -0.25) is 4.90 Å². The molecule has 2 aromatic carbocycles. The number of unbranched alkanes of at least 4 members (excludes halogenated alkanes) is 4. The van der Waals surface area contributed by atoms with Crippen molar-refractivity contribution in [2.45, 2.75) is 39.0 Å². The minimum atomic E-state index is 0.269. The molecule has 5 nitrogen and oxygen atoms in total. The molecule has 0 spiro atoms. The summed E-state index contributed by atoms with van der Waals surface area (Å²) in [6.45, 7) is 8.72. The molecule has 1 aliphatic rings. The molecule has 1 heterocycles. The van der Waals surface area contributed by atoms with Crippen LogP contribution in [0.5, 0.6) is 5.75 Å². The Morgan fingerprint density at radius 1 is 0.968 bits per heavy atom. The zero-order valence-corrected chi connectivity index (χ0v) is 19.5. The number of thiocarbonyl (C=S) groups is 1. The molecule has 0 bridgehead atoms. The van der Waals surface area contributed by atoms with Gasteiger partial charge in [-0.2, -0.15) is 0 Å². The molecule has 168 valence electrons. The number of nitrogens with two attached hydrogens (primary N) is 1. The Morgan fingerprint density at radius 2 is 1.68 bits per heavy atom. The maximum Gasteiger partial charge on any atom is 0.168 e. The number of hydrogen-bond donors (Lipinski definition) is 2. The summed E-state index contributed by atoms with van der Waals surface area (Å²) in [5, 5.41) is 3.20. The van der Waals surface area contributed by atoms with Crippen LogP contribution in [-0.4, -0.2) is 49.3 Å². The minimum Gasteiger partial charge on any atom is -0.494 e. The first kappa shape index (κ1) is 23.4. The lowest BCUT2D eigenvalue weighted by molar-refractivity contribution is 0.251. The molecule has 2 aromatic rings. The first-order valence-corrected chi connectivity index (χ1v) is 11.8. The number of hydrogen-bond acceptors (Lipinski definition) is 4. The van der Waals surface area contributed by atoms with Crippen LogP contribution in [0.2, 0.25) is 0 Å². The van der Waals surface area contributed by atoms with E-state index in [4.69, 9.17) is 22.7 Å². The van der Waals surface area contributed by atoms with Crippen LogP contribution in [0, 0.1) is 6.92 Å². The van der Waals surface area contributed by atoms with Gasteiger partial charge >= 0.3 is 0 Å². The van der Waals surface area contributed by atoms with Crippen molar-refractivity contribution in [3.8, 4) is 5.75 Å². The third-order valence-electron chi connectivity index (χ3n) is 5.76. The Bertz CT molecular complexity index is 803. The maximum absolute atomic E-state index is 5.85. The number of nitrogens with one attached hydrogen (secondary N) is 1. The van der Waals surface area contributed by atoms with E-state index in [9.17, 15) is 0 Å². The molecule has 0 unspecified atom stereocenters. The highest BCUT2D eigenvalue weighted by molar-refractivity contribution is 7.80. The van der Waals surface area contributed by atoms with E-state index in [2.05, 4.69) is 46.3 Å². The van der Waals surface area contributed by atoms with Crippen LogP contribution in [0.3, 0.4) is 0 Å². The second kappa shape index (κ2) is 12.5. The van der Waals surface area contributed by atoms with Crippen LogP contribution in [0.25, 0.3) is 0 Å². The summed E-state index contributed by atoms with van der Waals surface area (Å²) in [5.41, 5.74) is 9.06. The van der Waals surface area contributed by atoms with E-state index in [1.807, 2.05) is 24.3 Å². The van der Waals surface area contributed by atoms with E-state index < -0.39 is 0 Å². The summed E-state index contributed by atoms with van der Waals surface area (Å²) in [6, 6.07) is 16.7. The van der Waals surface area contributed by atoms with E-state index in [0.29, 0.717) is 0 Å². The maximum atomic E-state index is 5.85. The van der Waals surface area contributed by atoms with Gasteiger partial charge in [0, 0.05) is 43.6 Å². The second-order valence-corrected chi connectivity index (χ2v) is 8.74. The molecule has 1 aliphatic heterocycles. The number of benzene rings is 2. The van der Waals surface area contributed by atoms with Crippen molar-refractivity contribution in [1.29, 1.82) is 0 Å². The lowest BCUT2D eigenvalue weighted by Gasteiger charge is -2.36. The summed E-state index contributed by atoms with van der Waals surface area (Å²) in [6.07, 6.45) is 6.16. The van der Waals surface area contributed by atoms with Crippen LogP contribution in [0.4, 0.5) is 11.4 Å². The molecule has 1 fully saturated rings. The van der Waals surface area contributed by atoms with Gasteiger partial charge in [-0.15, -0.1) is 0 Å². The standard InChI is InChI=1S/C25H36N4OS/c1-21-10-12-23(13-11-21)29-17-15-28(16-18-29)14-5-3-2-4-6-19-30-24-9-7-8-22(20-24)27-25(26)31/h7-13,20H,2-6,14-19H2,1H3,(H3,26,27,31). The quantitative estimate of drug-likeness (QED) is 0.387. The Hall–Kier alpha value is -2.31. The van der Waals surface area contributed by atoms with Crippen molar-refractivity contribution < 1.29 is 4.74 Å². The molecule has 0 saturated carbocycles. The number of piperazine rings is 1. The number of ether oxygens (including phenoxy) is 1. The van der Waals surface area contributed by atoms with E-state index in [0.717, 1.165) is 37.6 Å². The van der Waals surface area contributed by atoms with Crippen LogP contribution in [0.15, 0.2) is 48.5 Å². The van der Waals surface area contributed by atoms with E-state index >= 15 is 0 Å². The van der Waals surface area contributed by atoms with Crippen molar-refractivity contribution >= 4 is 28.7 Å². The Kier molecular flexibility index (Phi) is 9.43. The number of rotatable bonds is 11. The van der Waals surface area contributed by atoms with Crippen molar-refractivity contribution in [2.24, 2.45) is 5.73 Å². The van der Waals surface area contributed by atoms with E-state index in [-0.39, 0.29) is 5.11 Å². The highest BCUT2D eigenvalue weighted by Gasteiger charge is 2.16. The third-order valence-corrected chi connectivity index (χ3v) is 5.86. The first-order valence-electron chi connectivity index (χ1n) is 11.4.